The molecule has 1 aromatic heterocycles. The molecule has 0 spiro atoms. The van der Waals surface area contributed by atoms with Gasteiger partial charge in [0.25, 0.3) is 0 Å². The number of aliphatic hydroxyl groups excluding tert-OH is 1. The first-order valence-corrected chi connectivity index (χ1v) is 21.9. The number of para-hydroxylation sites is 4. The number of rotatable bonds is 13. The summed E-state index contributed by atoms with van der Waals surface area (Å²) >= 11 is 0. The van der Waals surface area contributed by atoms with Crippen molar-refractivity contribution in [2.75, 3.05) is 4.90 Å². The zero-order chi connectivity index (χ0) is 43.1. The molecule has 0 atom stereocenters. The number of carbonyl (C=O) groups is 1. The molecule has 8 aromatic rings. The number of ketones is 1. The van der Waals surface area contributed by atoms with Gasteiger partial charge in [-0.25, -0.2) is 0 Å². The van der Waals surface area contributed by atoms with E-state index in [4.69, 9.17) is 10.1 Å². The fourth-order valence-corrected chi connectivity index (χ4v) is 9.13. The molecule has 0 aliphatic heterocycles. The van der Waals surface area contributed by atoms with Gasteiger partial charge >= 0.3 is 0 Å². The van der Waals surface area contributed by atoms with E-state index in [0.717, 1.165) is 56.3 Å². The molecule has 0 fully saturated rings. The normalized spacial score (nSPS) is 12.4. The van der Waals surface area contributed by atoms with E-state index in [0.29, 0.717) is 0 Å². The quantitative estimate of drug-likeness (QED) is 0.0710. The molecule has 7 aromatic carbocycles. The molecule has 0 saturated heterocycles. The molecule has 0 amide bonds. The van der Waals surface area contributed by atoms with Gasteiger partial charge in [0.15, 0.2) is 5.78 Å². The van der Waals surface area contributed by atoms with Gasteiger partial charge in [-0.15, -0.1) is 29.8 Å². The summed E-state index contributed by atoms with van der Waals surface area (Å²) in [6, 6.07) is 64.9. The van der Waals surface area contributed by atoms with Crippen LogP contribution in [0.5, 0.6) is 0 Å². The first kappa shape index (κ1) is 44.7. The van der Waals surface area contributed by atoms with Crippen molar-refractivity contribution in [1.29, 1.82) is 0 Å². The number of imidazole rings is 1. The van der Waals surface area contributed by atoms with Gasteiger partial charge in [0, 0.05) is 54.3 Å². The zero-order valence-corrected chi connectivity index (χ0v) is 38.9. The van der Waals surface area contributed by atoms with Gasteiger partial charge in [-0.2, -0.15) is 0 Å². The Morgan fingerprint density at radius 1 is 0.667 bits per heavy atom. The average molecular weight is 1010 g/mol. The number of anilines is 3. The van der Waals surface area contributed by atoms with Crippen LogP contribution in [0.1, 0.15) is 77.3 Å². The fourth-order valence-electron chi connectivity index (χ4n) is 9.13. The summed E-state index contributed by atoms with van der Waals surface area (Å²) in [6.45, 7) is 7.48. The van der Waals surface area contributed by atoms with Crippen LogP contribution in [0, 0.1) is 6.07 Å². The van der Waals surface area contributed by atoms with Crippen LogP contribution in [0.4, 0.5) is 17.1 Å². The second-order valence-electron chi connectivity index (χ2n) is 16.3. The van der Waals surface area contributed by atoms with Gasteiger partial charge in [-0.1, -0.05) is 142 Å². The molecule has 0 bridgehead atoms. The number of nitrogens with zero attached hydrogens (tertiary/aromatic N) is 3. The van der Waals surface area contributed by atoms with Crippen LogP contribution >= 0.6 is 0 Å². The minimum Gasteiger partial charge on any atom is -0.512 e. The van der Waals surface area contributed by atoms with Gasteiger partial charge in [0.1, 0.15) is 0 Å². The van der Waals surface area contributed by atoms with E-state index < -0.39 is 0 Å². The van der Waals surface area contributed by atoms with E-state index in [1.807, 2.05) is 0 Å². The van der Waals surface area contributed by atoms with Crippen LogP contribution in [0.2, 0.25) is 0 Å². The number of hydrogen-bond acceptors (Lipinski definition) is 4. The van der Waals surface area contributed by atoms with Crippen LogP contribution in [0.15, 0.2) is 182 Å². The first-order valence-electron chi connectivity index (χ1n) is 21.9. The maximum absolute atomic E-state index is 10.0. The Hall–Kier alpha value is -6.33. The van der Waals surface area contributed by atoms with Crippen molar-refractivity contribution in [2.24, 2.45) is 0 Å². The van der Waals surface area contributed by atoms with Crippen molar-refractivity contribution in [1.82, 2.24) is 9.55 Å². The van der Waals surface area contributed by atoms with Crippen molar-refractivity contribution >= 4 is 33.9 Å². The Morgan fingerprint density at radius 3 is 1.90 bits per heavy atom. The van der Waals surface area contributed by atoms with E-state index in [1.54, 1.807) is 0 Å². The molecule has 63 heavy (non-hydrogen) atoms. The topological polar surface area (TPSA) is 58.4 Å². The number of fused-ring (bicyclic) bond motifs is 4. The van der Waals surface area contributed by atoms with Crippen LogP contribution in [0.25, 0.3) is 50.4 Å². The SMILES string of the molecule is CC(=O)/C=C(/C)O.CCCCC1(CCCC)c2ccccc2-c2ccc(-n3c(-c4[c-]cc(-c5cccc(N(c6ccccc6)c6ccccc6)c5)cc4)nc4ccccc43)cc21.[Ir]. The molecule has 1 N–H and O–H groups in total. The molecule has 1 radical (unpaired) electrons. The molecule has 0 saturated carbocycles. The van der Waals surface area contributed by atoms with Crippen molar-refractivity contribution in [3.05, 3.63) is 199 Å². The second-order valence-corrected chi connectivity index (χ2v) is 16.3. The molecule has 1 aliphatic rings. The monoisotopic (exact) mass is 1010 g/mol. The third-order valence-corrected chi connectivity index (χ3v) is 11.9. The molecule has 0 unspecified atom stereocenters. The van der Waals surface area contributed by atoms with E-state index in [-0.39, 0.29) is 37.1 Å². The van der Waals surface area contributed by atoms with Crippen LogP contribution < -0.4 is 4.90 Å². The molecular formula is C57H54IrN3O2-. The molecular weight excluding hydrogens is 951 g/mol. The number of aliphatic hydroxyl groups is 1. The molecule has 5 nitrogen and oxygen atoms in total. The van der Waals surface area contributed by atoms with Gasteiger partial charge in [0.05, 0.1) is 22.6 Å². The van der Waals surface area contributed by atoms with Gasteiger partial charge in [-0.3, -0.25) is 9.78 Å². The van der Waals surface area contributed by atoms with Crippen LogP contribution in [-0.4, -0.2) is 20.4 Å². The van der Waals surface area contributed by atoms with Crippen molar-refractivity contribution in [3.63, 3.8) is 0 Å². The number of carbonyl (C=O) groups excluding carboxylic acids is 1. The smallest absolute Gasteiger partial charge is 0.155 e. The summed E-state index contributed by atoms with van der Waals surface area (Å²) in [5.41, 5.74) is 15.6. The standard InChI is InChI=1S/C52H46N3.C5H8O2.Ir/c1-3-5-34-52(35-6-4-2)47-25-14-13-24-45(47)46-33-32-44(37-48(46)52)55-50-27-16-15-26-49(50)53-51(55)39-30-28-38(29-31-39)40-18-17-23-43(36-40)54(41-19-9-7-10-20-41)42-21-11-8-12-22-42;1-4(6)3-5(2)7;/h7-30,32-33,36-37H,3-6,34-35H2,1-2H3;3,6H,1-2H3;/q-1;;/b;4-3-;. The van der Waals surface area contributed by atoms with E-state index >= 15 is 0 Å². The maximum Gasteiger partial charge on any atom is 0.155 e. The number of hydrogen-bond donors (Lipinski definition) is 1. The molecule has 6 heteroatoms. The Labute approximate surface area is 386 Å². The third kappa shape index (κ3) is 9.39. The average Bonchev–Trinajstić information content (AvgIpc) is 3.82. The molecule has 319 valence electrons. The fraction of sp³-hybridized carbons (Fsp3) is 0.193. The minimum atomic E-state index is -0.125. The predicted molar refractivity (Wildman–Crippen MR) is 258 cm³/mol. The zero-order valence-electron chi connectivity index (χ0n) is 36.5. The molecule has 1 aliphatic carbocycles. The van der Waals surface area contributed by atoms with Gasteiger partial charge in [0.2, 0.25) is 0 Å². The Balaban J connectivity index is 0.000000688. The summed E-state index contributed by atoms with van der Waals surface area (Å²) in [5.74, 6) is 0.844. The second kappa shape index (κ2) is 20.2. The predicted octanol–water partition coefficient (Wildman–Crippen LogP) is 15.3. The Kier molecular flexibility index (Phi) is 14.4. The van der Waals surface area contributed by atoms with E-state index in [9.17, 15) is 4.79 Å². The third-order valence-electron chi connectivity index (χ3n) is 11.9. The number of allylic oxidation sites excluding steroid dienone is 2. The molecule has 9 rings (SSSR count). The Morgan fingerprint density at radius 2 is 1.29 bits per heavy atom. The number of unbranched alkanes of at least 4 members (excludes halogenated alkanes) is 2. The number of benzene rings is 7. The maximum atomic E-state index is 10.0. The first-order chi connectivity index (χ1) is 30.3. The summed E-state index contributed by atoms with van der Waals surface area (Å²) in [6.07, 6.45) is 8.30. The van der Waals surface area contributed by atoms with Gasteiger partial charge in [-0.05, 0) is 110 Å². The largest absolute Gasteiger partial charge is 0.512 e. The minimum absolute atomic E-state index is 0. The van der Waals surface area contributed by atoms with Crippen molar-refractivity contribution in [2.45, 2.75) is 71.6 Å². The summed E-state index contributed by atoms with van der Waals surface area (Å²) < 4.78 is 2.35. The summed E-state index contributed by atoms with van der Waals surface area (Å²) in [5, 5.41) is 8.36. The van der Waals surface area contributed by atoms with Crippen LogP contribution in [0.3, 0.4) is 0 Å². The molecule has 1 heterocycles. The number of aromatic nitrogens is 2. The van der Waals surface area contributed by atoms with Crippen molar-refractivity contribution < 1.29 is 30.0 Å². The van der Waals surface area contributed by atoms with E-state index in [1.165, 1.54) is 80.7 Å². The van der Waals surface area contributed by atoms with E-state index in [2.05, 4.69) is 199 Å². The Bertz CT molecular complexity index is 2780. The van der Waals surface area contributed by atoms with Gasteiger partial charge < -0.3 is 14.6 Å². The summed E-state index contributed by atoms with van der Waals surface area (Å²) in [7, 11) is 0. The summed E-state index contributed by atoms with van der Waals surface area (Å²) in [4.78, 5) is 17.6. The van der Waals surface area contributed by atoms with Crippen molar-refractivity contribution in [3.8, 4) is 39.3 Å². The van der Waals surface area contributed by atoms with Crippen LogP contribution in [-0.2, 0) is 30.3 Å².